The monoisotopic (exact) mass is 469 g/mol. The molecule has 9 heteroatoms. The second kappa shape index (κ2) is 9.25. The molecule has 1 aromatic carbocycles. The Bertz CT molecular complexity index is 1510. The lowest BCUT2D eigenvalue weighted by molar-refractivity contribution is 0.323. The highest BCUT2D eigenvalue weighted by molar-refractivity contribution is 6.07. The van der Waals surface area contributed by atoms with Gasteiger partial charge < -0.3 is 10.7 Å². The molecule has 1 saturated carbocycles. The van der Waals surface area contributed by atoms with Crippen LogP contribution in [0.25, 0.3) is 38.6 Å². The van der Waals surface area contributed by atoms with E-state index in [0.717, 1.165) is 45.9 Å². The van der Waals surface area contributed by atoms with Crippen LogP contribution < -0.4 is 11.0 Å². The first-order valence-corrected chi connectivity index (χ1v) is 11.7. The van der Waals surface area contributed by atoms with E-state index in [1.165, 1.54) is 6.21 Å². The number of fused-ring (bicyclic) bond motifs is 3. The Morgan fingerprint density at radius 1 is 1.11 bits per heavy atom. The van der Waals surface area contributed by atoms with Gasteiger partial charge in [-0.15, -0.1) is 0 Å². The third kappa shape index (κ3) is 3.92. The summed E-state index contributed by atoms with van der Waals surface area (Å²) in [6.07, 6.45) is 9.45. The first-order chi connectivity index (χ1) is 17.0. The molecule has 1 fully saturated rings. The summed E-state index contributed by atoms with van der Waals surface area (Å²) in [6, 6.07) is 9.78. The van der Waals surface area contributed by atoms with Gasteiger partial charge in [-0.2, -0.15) is 4.91 Å². The van der Waals surface area contributed by atoms with Crippen LogP contribution in [-0.2, 0) is 7.05 Å². The number of aryl methyl sites for hydroxylation is 1. The van der Waals surface area contributed by atoms with E-state index in [2.05, 4.69) is 26.5 Å². The average Bonchev–Trinajstić information content (AvgIpc) is 3.17. The fraction of sp³-hybridized carbons (Fsp3) is 0.308. The van der Waals surface area contributed by atoms with Gasteiger partial charge >= 0.3 is 5.69 Å². The number of hydrogen-bond donors (Lipinski definition) is 2. The maximum Gasteiger partial charge on any atom is 0.329 e. The number of nitrogens with zero attached hydrogens (tertiary/aromatic N) is 5. The van der Waals surface area contributed by atoms with Gasteiger partial charge in [-0.05, 0) is 49.4 Å². The Morgan fingerprint density at radius 3 is 2.54 bits per heavy atom. The number of nitrogens with one attached hydrogen (secondary N) is 2. The summed E-state index contributed by atoms with van der Waals surface area (Å²) >= 11 is 0. The van der Waals surface area contributed by atoms with Crippen molar-refractivity contribution < 1.29 is 0 Å². The summed E-state index contributed by atoms with van der Waals surface area (Å²) in [5, 5.41) is 14.7. The van der Waals surface area contributed by atoms with Gasteiger partial charge in [-0.1, -0.05) is 17.3 Å². The Labute approximate surface area is 202 Å². The van der Waals surface area contributed by atoms with Crippen LogP contribution >= 0.6 is 0 Å². The van der Waals surface area contributed by atoms with E-state index < -0.39 is 0 Å². The van der Waals surface area contributed by atoms with Gasteiger partial charge in [0.2, 0.25) is 0 Å². The number of pyridine rings is 2. The predicted molar refractivity (Wildman–Crippen MR) is 139 cm³/mol. The van der Waals surface area contributed by atoms with Gasteiger partial charge in [0, 0.05) is 55.3 Å². The normalized spacial score (nSPS) is 18.6. The highest BCUT2D eigenvalue weighted by Crippen LogP contribution is 2.34. The van der Waals surface area contributed by atoms with Crippen LogP contribution in [0, 0.1) is 10.3 Å². The Kier molecular flexibility index (Phi) is 5.98. The van der Waals surface area contributed by atoms with Crippen molar-refractivity contribution in [1.29, 1.82) is 5.41 Å². The zero-order valence-electron chi connectivity index (χ0n) is 19.7. The van der Waals surface area contributed by atoms with Crippen molar-refractivity contribution >= 4 is 33.7 Å². The fourth-order valence-corrected chi connectivity index (χ4v) is 5.05. The maximum absolute atomic E-state index is 13.3. The summed E-state index contributed by atoms with van der Waals surface area (Å²) < 4.78 is 3.55. The van der Waals surface area contributed by atoms with Gasteiger partial charge in [-0.3, -0.25) is 19.1 Å². The van der Waals surface area contributed by atoms with Crippen molar-refractivity contribution in [2.45, 2.75) is 37.8 Å². The number of hydrogen-bond acceptors (Lipinski definition) is 7. The minimum Gasteiger partial charge on any atom is -0.393 e. The number of nitroso groups, excluding NO2 is 1. The lowest BCUT2D eigenvalue weighted by Crippen LogP contribution is -2.29. The minimum atomic E-state index is -0.159. The third-order valence-corrected chi connectivity index (χ3v) is 6.94. The smallest absolute Gasteiger partial charge is 0.329 e. The van der Waals surface area contributed by atoms with Crippen molar-refractivity contribution in [3.8, 4) is 11.1 Å². The van der Waals surface area contributed by atoms with Crippen LogP contribution in [-0.4, -0.2) is 38.4 Å². The van der Waals surface area contributed by atoms with E-state index in [0.29, 0.717) is 24.1 Å². The van der Waals surface area contributed by atoms with Crippen LogP contribution in [0.15, 0.2) is 58.9 Å². The quantitative estimate of drug-likeness (QED) is 0.320. The standard InChI is InChI=1S/C26H27N7O2/c1-28-13-18(12-27)22-9-4-17(14-29-22)16-3-10-23-21(11-16)25-24(15-30-23)32(2)26(34)33(25)20-7-5-19(31-35)6-8-20/h3-4,9-15,19-20,27-28H,5-8H2,1-2H3/b18-13+,27-12?/t19-,20+. The molecule has 0 aliphatic heterocycles. The second-order valence-corrected chi connectivity index (χ2v) is 8.97. The summed E-state index contributed by atoms with van der Waals surface area (Å²) in [5.41, 5.74) is 5.72. The molecule has 0 radical (unpaired) electrons. The first-order valence-electron chi connectivity index (χ1n) is 11.7. The molecule has 4 aromatic rings. The van der Waals surface area contributed by atoms with Crippen LogP contribution in [0.1, 0.15) is 37.4 Å². The topological polar surface area (TPSA) is 118 Å². The van der Waals surface area contributed by atoms with Crippen LogP contribution in [0.4, 0.5) is 0 Å². The number of allylic oxidation sites excluding steroid dienone is 1. The average molecular weight is 470 g/mol. The molecule has 0 bridgehead atoms. The summed E-state index contributed by atoms with van der Waals surface area (Å²) in [4.78, 5) is 33.4. The molecule has 1 aliphatic rings. The highest BCUT2D eigenvalue weighted by Gasteiger charge is 2.27. The van der Waals surface area contributed by atoms with Crippen molar-refractivity contribution in [3.63, 3.8) is 0 Å². The van der Waals surface area contributed by atoms with E-state index in [4.69, 9.17) is 5.41 Å². The second-order valence-electron chi connectivity index (χ2n) is 8.97. The molecular formula is C26H27N7O2. The van der Waals surface area contributed by atoms with Gasteiger partial charge in [0.05, 0.1) is 34.5 Å². The number of rotatable bonds is 6. The van der Waals surface area contributed by atoms with E-state index in [9.17, 15) is 9.70 Å². The largest absolute Gasteiger partial charge is 0.393 e. The molecule has 9 nitrogen and oxygen atoms in total. The lowest BCUT2D eigenvalue weighted by Gasteiger charge is -2.26. The lowest BCUT2D eigenvalue weighted by atomic mass is 9.91. The maximum atomic E-state index is 13.3. The van der Waals surface area contributed by atoms with E-state index in [-0.39, 0.29) is 17.8 Å². The first kappa shape index (κ1) is 22.6. The molecule has 2 N–H and O–H groups in total. The van der Waals surface area contributed by atoms with Crippen LogP contribution in [0.2, 0.25) is 0 Å². The van der Waals surface area contributed by atoms with E-state index in [1.807, 2.05) is 28.8 Å². The fourth-order valence-electron chi connectivity index (χ4n) is 5.05. The highest BCUT2D eigenvalue weighted by atomic mass is 16.3. The zero-order valence-corrected chi connectivity index (χ0v) is 19.7. The summed E-state index contributed by atoms with van der Waals surface area (Å²) in [5.74, 6) is 0. The summed E-state index contributed by atoms with van der Waals surface area (Å²) in [6.45, 7) is 0. The molecule has 178 valence electrons. The zero-order chi connectivity index (χ0) is 24.5. The van der Waals surface area contributed by atoms with Crippen LogP contribution in [0.3, 0.4) is 0 Å². The number of imidazole rings is 1. The van der Waals surface area contributed by atoms with Crippen molar-refractivity contribution in [2.24, 2.45) is 12.2 Å². The molecule has 0 amide bonds. The van der Waals surface area contributed by atoms with Crippen LogP contribution in [0.5, 0.6) is 0 Å². The van der Waals surface area contributed by atoms with Crippen molar-refractivity contribution in [2.75, 3.05) is 7.05 Å². The molecule has 0 spiro atoms. The number of aromatic nitrogens is 4. The van der Waals surface area contributed by atoms with Gasteiger partial charge in [0.25, 0.3) is 0 Å². The third-order valence-electron chi connectivity index (χ3n) is 6.94. The molecule has 3 heterocycles. The number of benzene rings is 1. The predicted octanol–water partition coefficient (Wildman–Crippen LogP) is 4.41. The van der Waals surface area contributed by atoms with Gasteiger partial charge in [0.1, 0.15) is 0 Å². The SMILES string of the molecule is CN/C=C(\C=N)c1ccc(-c2ccc3ncc4c(c3c2)n([C@H]2CC[C@@H](N=O)CC2)c(=O)n4C)cn1. The molecule has 3 aromatic heterocycles. The molecule has 0 unspecified atom stereocenters. The van der Waals surface area contributed by atoms with E-state index >= 15 is 0 Å². The van der Waals surface area contributed by atoms with Gasteiger partial charge in [-0.25, -0.2) is 4.79 Å². The Hall–Kier alpha value is -4.14. The minimum absolute atomic E-state index is 0.0258. The molecule has 35 heavy (non-hydrogen) atoms. The van der Waals surface area contributed by atoms with Crippen molar-refractivity contribution in [3.05, 3.63) is 70.0 Å². The molecule has 0 atom stereocenters. The van der Waals surface area contributed by atoms with Gasteiger partial charge in [0.15, 0.2) is 0 Å². The Balaban J connectivity index is 1.63. The molecule has 1 aliphatic carbocycles. The summed E-state index contributed by atoms with van der Waals surface area (Å²) in [7, 11) is 3.56. The Morgan fingerprint density at radius 2 is 1.89 bits per heavy atom. The van der Waals surface area contributed by atoms with E-state index in [1.54, 1.807) is 37.3 Å². The molecule has 5 rings (SSSR count). The van der Waals surface area contributed by atoms with Crippen molar-refractivity contribution in [1.82, 2.24) is 24.4 Å². The molecule has 0 saturated heterocycles. The molecular weight excluding hydrogens is 442 g/mol.